The second-order valence-electron chi connectivity index (χ2n) is 8.51. The van der Waals surface area contributed by atoms with Crippen molar-refractivity contribution < 1.29 is 9.84 Å². The Morgan fingerprint density at radius 1 is 1.21 bits per heavy atom. The highest BCUT2D eigenvalue weighted by Crippen LogP contribution is 2.32. The molecule has 38 heavy (non-hydrogen) atoms. The molecule has 0 saturated heterocycles. The zero-order valence-electron chi connectivity index (χ0n) is 23.5. The third-order valence-corrected chi connectivity index (χ3v) is 5.97. The maximum Gasteiger partial charge on any atom is 0.216 e. The Bertz CT molecular complexity index is 1130. The number of ether oxygens (including phenoxy) is 1. The maximum absolute atomic E-state index is 11.9. The Kier molecular flexibility index (Phi) is 15.7. The van der Waals surface area contributed by atoms with E-state index in [1.165, 1.54) is 0 Å². The van der Waals surface area contributed by atoms with E-state index in [-0.39, 0.29) is 0 Å². The lowest BCUT2D eigenvalue weighted by atomic mass is 9.85. The molecule has 0 aliphatic rings. The SMILES string of the molecule is C=CC(=C\C(=C/CC)C(O)(/C=C/C=C(Cl)\C=C/C)C/C=C/C)/C(C)=C(\C(=N/C)OCCN)c1ccccc1. The van der Waals surface area contributed by atoms with E-state index in [1.54, 1.807) is 37.4 Å². The van der Waals surface area contributed by atoms with Crippen molar-refractivity contribution in [2.45, 2.75) is 46.1 Å². The number of halogens is 1. The van der Waals surface area contributed by atoms with Gasteiger partial charge in [0.2, 0.25) is 5.90 Å². The highest BCUT2D eigenvalue weighted by molar-refractivity contribution is 6.31. The molecule has 1 rings (SSSR count). The van der Waals surface area contributed by atoms with E-state index >= 15 is 0 Å². The summed E-state index contributed by atoms with van der Waals surface area (Å²) in [5, 5.41) is 12.5. The molecule has 1 unspecified atom stereocenters. The first kappa shape index (κ1) is 32.8. The normalized spacial score (nSPS) is 16.3. The van der Waals surface area contributed by atoms with Gasteiger partial charge in [0, 0.05) is 30.6 Å². The molecule has 3 N–H and O–H groups in total. The van der Waals surface area contributed by atoms with E-state index < -0.39 is 5.60 Å². The Hall–Kier alpha value is -3.18. The van der Waals surface area contributed by atoms with E-state index in [0.29, 0.717) is 30.5 Å². The van der Waals surface area contributed by atoms with Crippen LogP contribution in [0.4, 0.5) is 0 Å². The summed E-state index contributed by atoms with van der Waals surface area (Å²) in [6.07, 6.45) is 19.8. The van der Waals surface area contributed by atoms with Gasteiger partial charge in [0.25, 0.3) is 0 Å². The quantitative estimate of drug-likeness (QED) is 0.110. The predicted octanol–water partition coefficient (Wildman–Crippen LogP) is 7.86. The lowest BCUT2D eigenvalue weighted by Gasteiger charge is -2.26. The van der Waals surface area contributed by atoms with E-state index in [9.17, 15) is 5.11 Å². The fourth-order valence-corrected chi connectivity index (χ4v) is 4.01. The summed E-state index contributed by atoms with van der Waals surface area (Å²) in [5.41, 5.74) is 8.77. The van der Waals surface area contributed by atoms with Crippen LogP contribution in [-0.4, -0.2) is 36.8 Å². The average molecular weight is 535 g/mol. The molecular weight excluding hydrogens is 492 g/mol. The van der Waals surface area contributed by atoms with Crippen LogP contribution >= 0.6 is 11.6 Å². The van der Waals surface area contributed by atoms with Crippen LogP contribution in [0.1, 0.15) is 46.1 Å². The molecule has 0 bridgehead atoms. The van der Waals surface area contributed by atoms with Gasteiger partial charge in [-0.3, -0.25) is 4.99 Å². The van der Waals surface area contributed by atoms with Crippen molar-refractivity contribution in [3.63, 3.8) is 0 Å². The Balaban J connectivity index is 3.83. The minimum absolute atomic E-state index is 0.349. The molecule has 0 aliphatic carbocycles. The minimum atomic E-state index is -1.26. The Morgan fingerprint density at radius 3 is 2.47 bits per heavy atom. The number of rotatable bonds is 14. The highest BCUT2D eigenvalue weighted by Gasteiger charge is 2.26. The molecule has 0 heterocycles. The lowest BCUT2D eigenvalue weighted by molar-refractivity contribution is 0.136. The highest BCUT2D eigenvalue weighted by atomic mass is 35.5. The third kappa shape index (κ3) is 10.3. The van der Waals surface area contributed by atoms with Crippen LogP contribution in [0.3, 0.4) is 0 Å². The van der Waals surface area contributed by atoms with Crippen LogP contribution in [0.5, 0.6) is 0 Å². The van der Waals surface area contributed by atoms with Crippen LogP contribution in [0.25, 0.3) is 5.57 Å². The minimum Gasteiger partial charge on any atom is -0.476 e. The van der Waals surface area contributed by atoms with Crippen molar-refractivity contribution in [3.8, 4) is 0 Å². The van der Waals surface area contributed by atoms with Crippen LogP contribution in [0, 0.1) is 0 Å². The first-order valence-electron chi connectivity index (χ1n) is 12.9. The largest absolute Gasteiger partial charge is 0.476 e. The van der Waals surface area contributed by atoms with Gasteiger partial charge in [-0.2, -0.15) is 0 Å². The predicted molar refractivity (Wildman–Crippen MR) is 166 cm³/mol. The number of benzene rings is 1. The lowest BCUT2D eigenvalue weighted by Crippen LogP contribution is -2.27. The Labute approximate surface area is 234 Å². The van der Waals surface area contributed by atoms with Crippen LogP contribution in [0.15, 0.2) is 124 Å². The van der Waals surface area contributed by atoms with E-state index in [0.717, 1.165) is 34.3 Å². The van der Waals surface area contributed by atoms with Crippen LogP contribution < -0.4 is 5.73 Å². The topological polar surface area (TPSA) is 67.8 Å². The molecular formula is C33H43ClN2O2. The number of hydrogen-bond acceptors (Lipinski definition) is 4. The van der Waals surface area contributed by atoms with Crippen LogP contribution in [0.2, 0.25) is 0 Å². The monoisotopic (exact) mass is 534 g/mol. The molecule has 1 aromatic carbocycles. The summed E-state index contributed by atoms with van der Waals surface area (Å²) < 4.78 is 5.94. The zero-order chi connectivity index (χ0) is 28.4. The summed E-state index contributed by atoms with van der Waals surface area (Å²) in [6.45, 7) is 12.7. The number of aliphatic hydroxyl groups is 1. The van der Waals surface area contributed by atoms with Crippen molar-refractivity contribution in [2.75, 3.05) is 20.2 Å². The van der Waals surface area contributed by atoms with Gasteiger partial charge in [0.05, 0.1) is 0 Å². The number of nitrogens with two attached hydrogens (primary N) is 1. The van der Waals surface area contributed by atoms with Crippen molar-refractivity contribution in [1.29, 1.82) is 0 Å². The number of hydrogen-bond donors (Lipinski definition) is 2. The first-order valence-corrected chi connectivity index (χ1v) is 13.3. The molecule has 1 aromatic rings. The number of aliphatic imine (C=N–C) groups is 1. The summed E-state index contributed by atoms with van der Waals surface area (Å²) in [5.74, 6) is 0.501. The summed E-state index contributed by atoms with van der Waals surface area (Å²) in [6, 6.07) is 9.96. The molecule has 0 aliphatic heterocycles. The molecule has 204 valence electrons. The zero-order valence-corrected chi connectivity index (χ0v) is 24.2. The van der Waals surface area contributed by atoms with Gasteiger partial charge in [-0.25, -0.2) is 0 Å². The van der Waals surface area contributed by atoms with Crippen molar-refractivity contribution >= 4 is 23.1 Å². The molecule has 0 amide bonds. The molecule has 0 aromatic heterocycles. The maximum atomic E-state index is 11.9. The molecule has 0 spiro atoms. The van der Waals surface area contributed by atoms with E-state index in [4.69, 9.17) is 22.1 Å². The average Bonchev–Trinajstić information content (AvgIpc) is 2.92. The fraction of sp³-hybridized carbons (Fsp3) is 0.303. The third-order valence-electron chi connectivity index (χ3n) is 5.72. The van der Waals surface area contributed by atoms with Gasteiger partial charge < -0.3 is 15.6 Å². The smallest absolute Gasteiger partial charge is 0.216 e. The van der Waals surface area contributed by atoms with Gasteiger partial charge in [-0.05, 0) is 73.8 Å². The molecule has 0 saturated carbocycles. The summed E-state index contributed by atoms with van der Waals surface area (Å²) in [4.78, 5) is 4.43. The summed E-state index contributed by atoms with van der Waals surface area (Å²) >= 11 is 6.23. The molecule has 1 atom stereocenters. The van der Waals surface area contributed by atoms with Gasteiger partial charge >= 0.3 is 0 Å². The van der Waals surface area contributed by atoms with Gasteiger partial charge in [-0.15, -0.1) is 0 Å². The molecule has 0 radical (unpaired) electrons. The van der Waals surface area contributed by atoms with Crippen LogP contribution in [-0.2, 0) is 4.74 Å². The number of nitrogens with zero attached hydrogens (tertiary/aromatic N) is 1. The van der Waals surface area contributed by atoms with Gasteiger partial charge in [0.15, 0.2) is 0 Å². The second kappa shape index (κ2) is 18.1. The fourth-order valence-electron chi connectivity index (χ4n) is 3.82. The molecule has 4 nitrogen and oxygen atoms in total. The van der Waals surface area contributed by atoms with E-state index in [2.05, 4.69) is 11.6 Å². The first-order chi connectivity index (χ1) is 18.3. The molecule has 0 fully saturated rings. The second-order valence-corrected chi connectivity index (χ2v) is 8.95. The van der Waals surface area contributed by atoms with Crippen molar-refractivity contribution in [1.82, 2.24) is 0 Å². The standard InChI is InChI=1S/C33H43ClN2O2/c1-7-11-21-33(37,22-15-20-30(34)17-9-3)29(16-8-2)25-27(10-4)26(5)31(28-18-13-12-14-19-28)32(36-6)38-24-23-35/h7,9-20,22,25,37H,4,8,21,23-24,35H2,1-3,5-6H3/b11-7+,17-9-,22-15+,27-25+,29-16+,30-20+,31-26-,36-32+. The van der Waals surface area contributed by atoms with Gasteiger partial charge in [-0.1, -0.05) is 91.9 Å². The van der Waals surface area contributed by atoms with Crippen molar-refractivity contribution in [3.05, 3.63) is 125 Å². The number of allylic oxidation sites excluding steroid dienone is 10. The van der Waals surface area contributed by atoms with Crippen molar-refractivity contribution in [2.24, 2.45) is 10.7 Å². The van der Waals surface area contributed by atoms with E-state index in [1.807, 2.05) is 88.4 Å². The van der Waals surface area contributed by atoms with Gasteiger partial charge in [0.1, 0.15) is 12.2 Å². The summed E-state index contributed by atoms with van der Waals surface area (Å²) in [7, 11) is 1.70. The molecule has 5 heteroatoms. The Morgan fingerprint density at radius 2 is 1.92 bits per heavy atom.